The second-order valence-corrected chi connectivity index (χ2v) is 3.61. The predicted octanol–water partition coefficient (Wildman–Crippen LogP) is 1.13. The zero-order valence-electron chi connectivity index (χ0n) is 8.74. The molecule has 0 fully saturated rings. The SMILES string of the molecule is CC(C(=O)O)(c1ccccc1)n1cnnc1. The van der Waals surface area contributed by atoms with Crippen LogP contribution in [0.25, 0.3) is 0 Å². The van der Waals surface area contributed by atoms with Gasteiger partial charge < -0.3 is 5.11 Å². The number of carbonyl (C=O) groups is 1. The molecule has 0 aliphatic carbocycles. The molecule has 0 aliphatic rings. The van der Waals surface area contributed by atoms with Crippen molar-refractivity contribution in [3.05, 3.63) is 48.5 Å². The minimum atomic E-state index is -1.18. The standard InChI is InChI=1S/C11H11N3O2/c1-11(10(15)16,14-7-12-13-8-14)9-5-3-2-4-6-9/h2-8H,1H3,(H,15,16). The molecule has 0 bridgehead atoms. The van der Waals surface area contributed by atoms with E-state index in [1.54, 1.807) is 31.2 Å². The van der Waals surface area contributed by atoms with Crippen LogP contribution in [-0.4, -0.2) is 25.8 Å². The molecule has 82 valence electrons. The van der Waals surface area contributed by atoms with E-state index in [2.05, 4.69) is 10.2 Å². The van der Waals surface area contributed by atoms with Gasteiger partial charge in [0.05, 0.1) is 0 Å². The summed E-state index contributed by atoms with van der Waals surface area (Å²) in [4.78, 5) is 11.4. The highest BCUT2D eigenvalue weighted by molar-refractivity contribution is 5.80. The Morgan fingerprint density at radius 3 is 2.31 bits per heavy atom. The van der Waals surface area contributed by atoms with Crippen LogP contribution in [0, 0.1) is 0 Å². The predicted molar refractivity (Wildman–Crippen MR) is 56.8 cm³/mol. The Morgan fingerprint density at radius 2 is 1.81 bits per heavy atom. The van der Waals surface area contributed by atoms with Crippen molar-refractivity contribution >= 4 is 5.97 Å². The lowest BCUT2D eigenvalue weighted by Gasteiger charge is -2.26. The van der Waals surface area contributed by atoms with Crippen LogP contribution in [0.15, 0.2) is 43.0 Å². The number of benzene rings is 1. The van der Waals surface area contributed by atoms with Crippen LogP contribution in [0.3, 0.4) is 0 Å². The van der Waals surface area contributed by atoms with Crippen molar-refractivity contribution in [2.75, 3.05) is 0 Å². The second-order valence-electron chi connectivity index (χ2n) is 3.61. The molecule has 16 heavy (non-hydrogen) atoms. The van der Waals surface area contributed by atoms with Crippen LogP contribution in [0.2, 0.25) is 0 Å². The number of carboxylic acids is 1. The summed E-state index contributed by atoms with van der Waals surface area (Å²) >= 11 is 0. The van der Waals surface area contributed by atoms with Crippen molar-refractivity contribution < 1.29 is 9.90 Å². The Kier molecular flexibility index (Phi) is 2.44. The molecular weight excluding hydrogens is 206 g/mol. The Balaban J connectivity index is 2.58. The molecule has 1 aromatic heterocycles. The molecule has 1 atom stereocenters. The van der Waals surface area contributed by atoms with Gasteiger partial charge in [-0.2, -0.15) is 0 Å². The molecule has 1 heterocycles. The maximum atomic E-state index is 11.4. The van der Waals surface area contributed by atoms with E-state index in [1.165, 1.54) is 17.2 Å². The lowest BCUT2D eigenvalue weighted by atomic mass is 9.92. The summed E-state index contributed by atoms with van der Waals surface area (Å²) in [6, 6.07) is 9.00. The molecule has 1 N–H and O–H groups in total. The van der Waals surface area contributed by atoms with E-state index in [4.69, 9.17) is 0 Å². The van der Waals surface area contributed by atoms with Gasteiger partial charge in [0, 0.05) is 0 Å². The van der Waals surface area contributed by atoms with Gasteiger partial charge in [-0.15, -0.1) is 10.2 Å². The fourth-order valence-corrected chi connectivity index (χ4v) is 1.58. The fraction of sp³-hybridized carbons (Fsp3) is 0.182. The first kappa shape index (κ1) is 10.4. The third-order valence-electron chi connectivity index (χ3n) is 2.69. The molecule has 0 amide bonds. The summed E-state index contributed by atoms with van der Waals surface area (Å²) < 4.78 is 1.48. The molecule has 0 saturated carbocycles. The van der Waals surface area contributed by atoms with Crippen molar-refractivity contribution in [3.8, 4) is 0 Å². The highest BCUT2D eigenvalue weighted by Gasteiger charge is 2.37. The molecule has 5 nitrogen and oxygen atoms in total. The monoisotopic (exact) mass is 217 g/mol. The number of hydrogen-bond acceptors (Lipinski definition) is 3. The third-order valence-corrected chi connectivity index (χ3v) is 2.69. The fourth-order valence-electron chi connectivity index (χ4n) is 1.58. The van der Waals surface area contributed by atoms with Crippen molar-refractivity contribution in [1.82, 2.24) is 14.8 Å². The first-order valence-electron chi connectivity index (χ1n) is 4.79. The van der Waals surface area contributed by atoms with Gasteiger partial charge in [0.15, 0.2) is 5.54 Å². The maximum Gasteiger partial charge on any atom is 0.334 e. The average Bonchev–Trinajstić information content (AvgIpc) is 2.82. The molecule has 0 spiro atoms. The molecule has 2 aromatic rings. The van der Waals surface area contributed by atoms with Crippen LogP contribution in [0.5, 0.6) is 0 Å². The Hall–Kier alpha value is -2.17. The van der Waals surface area contributed by atoms with Gasteiger partial charge in [0.25, 0.3) is 0 Å². The first-order valence-corrected chi connectivity index (χ1v) is 4.79. The van der Waals surface area contributed by atoms with Gasteiger partial charge in [-0.05, 0) is 12.5 Å². The molecule has 1 aromatic carbocycles. The smallest absolute Gasteiger partial charge is 0.334 e. The van der Waals surface area contributed by atoms with Gasteiger partial charge in [0.1, 0.15) is 12.7 Å². The van der Waals surface area contributed by atoms with Crippen molar-refractivity contribution in [3.63, 3.8) is 0 Å². The van der Waals surface area contributed by atoms with Crippen LogP contribution in [0.1, 0.15) is 12.5 Å². The quantitative estimate of drug-likeness (QED) is 0.836. The summed E-state index contributed by atoms with van der Waals surface area (Å²) in [6.45, 7) is 1.62. The van der Waals surface area contributed by atoms with E-state index < -0.39 is 11.5 Å². The Morgan fingerprint density at radius 1 is 1.25 bits per heavy atom. The minimum Gasteiger partial charge on any atom is -0.479 e. The maximum absolute atomic E-state index is 11.4. The molecule has 0 radical (unpaired) electrons. The molecular formula is C11H11N3O2. The van der Waals surface area contributed by atoms with E-state index in [0.29, 0.717) is 5.56 Å². The summed E-state index contributed by atoms with van der Waals surface area (Å²) in [5.74, 6) is -0.946. The largest absolute Gasteiger partial charge is 0.479 e. The van der Waals surface area contributed by atoms with Crippen molar-refractivity contribution in [1.29, 1.82) is 0 Å². The number of aromatic nitrogens is 3. The van der Waals surface area contributed by atoms with Crippen LogP contribution in [-0.2, 0) is 10.3 Å². The average molecular weight is 217 g/mol. The molecule has 5 heteroatoms. The highest BCUT2D eigenvalue weighted by Crippen LogP contribution is 2.25. The van der Waals surface area contributed by atoms with E-state index in [9.17, 15) is 9.90 Å². The van der Waals surface area contributed by atoms with E-state index in [-0.39, 0.29) is 0 Å². The number of nitrogens with zero attached hydrogens (tertiary/aromatic N) is 3. The number of aliphatic carboxylic acids is 1. The Bertz CT molecular complexity index is 481. The number of carboxylic acid groups (broad SMARTS) is 1. The van der Waals surface area contributed by atoms with Gasteiger partial charge in [-0.1, -0.05) is 30.3 Å². The van der Waals surface area contributed by atoms with Gasteiger partial charge in [-0.3, -0.25) is 4.57 Å². The van der Waals surface area contributed by atoms with Crippen LogP contribution < -0.4 is 0 Å². The molecule has 2 rings (SSSR count). The normalized spacial score (nSPS) is 14.3. The van der Waals surface area contributed by atoms with Gasteiger partial charge in [0.2, 0.25) is 0 Å². The van der Waals surface area contributed by atoms with E-state index in [1.807, 2.05) is 6.07 Å². The zero-order valence-corrected chi connectivity index (χ0v) is 8.74. The van der Waals surface area contributed by atoms with Crippen molar-refractivity contribution in [2.24, 2.45) is 0 Å². The van der Waals surface area contributed by atoms with Crippen LogP contribution >= 0.6 is 0 Å². The second kappa shape index (κ2) is 3.77. The summed E-state index contributed by atoms with van der Waals surface area (Å²) in [7, 11) is 0. The highest BCUT2D eigenvalue weighted by atomic mass is 16.4. The first-order chi connectivity index (χ1) is 7.65. The van der Waals surface area contributed by atoms with Crippen molar-refractivity contribution in [2.45, 2.75) is 12.5 Å². The van der Waals surface area contributed by atoms with E-state index in [0.717, 1.165) is 0 Å². The molecule has 0 aliphatic heterocycles. The topological polar surface area (TPSA) is 68.0 Å². The minimum absolute atomic E-state index is 0.683. The zero-order chi connectivity index (χ0) is 11.6. The summed E-state index contributed by atoms with van der Waals surface area (Å²) in [6.07, 6.45) is 2.81. The van der Waals surface area contributed by atoms with Crippen LogP contribution in [0.4, 0.5) is 0 Å². The van der Waals surface area contributed by atoms with Gasteiger partial charge in [-0.25, -0.2) is 4.79 Å². The number of rotatable bonds is 3. The third kappa shape index (κ3) is 1.46. The molecule has 1 unspecified atom stereocenters. The molecule has 0 saturated heterocycles. The van der Waals surface area contributed by atoms with Gasteiger partial charge >= 0.3 is 5.97 Å². The lowest BCUT2D eigenvalue weighted by molar-refractivity contribution is -0.144. The number of hydrogen-bond donors (Lipinski definition) is 1. The van der Waals surface area contributed by atoms with E-state index >= 15 is 0 Å². The summed E-state index contributed by atoms with van der Waals surface area (Å²) in [5, 5.41) is 16.7. The summed E-state index contributed by atoms with van der Waals surface area (Å²) in [5.41, 5.74) is -0.493. The lowest BCUT2D eigenvalue weighted by Crippen LogP contribution is -2.39. The Labute approximate surface area is 92.4 Å².